The fourth-order valence-corrected chi connectivity index (χ4v) is 1.45. The van der Waals surface area contributed by atoms with E-state index >= 15 is 0 Å². The van der Waals surface area contributed by atoms with Crippen LogP contribution >= 0.6 is 0 Å². The summed E-state index contributed by atoms with van der Waals surface area (Å²) in [6.07, 6.45) is 2.61. The average molecular weight is 170 g/mol. The van der Waals surface area contributed by atoms with Crippen LogP contribution in [-0.4, -0.2) is 17.5 Å². The maximum atomic E-state index is 5.87. The zero-order valence-corrected chi connectivity index (χ0v) is 8.39. The standard InChI is InChI=1S/C10H18O2/c1-9(2)10(3,4)12-8(11-9)7-5-6-7/h7-8H,5-6H2,1-4H3. The van der Waals surface area contributed by atoms with Crippen molar-refractivity contribution in [1.29, 1.82) is 0 Å². The van der Waals surface area contributed by atoms with Gasteiger partial charge in [-0.1, -0.05) is 0 Å². The third kappa shape index (κ3) is 1.17. The molecule has 0 amide bonds. The van der Waals surface area contributed by atoms with Gasteiger partial charge in [-0.05, 0) is 40.5 Å². The van der Waals surface area contributed by atoms with Crippen LogP contribution in [-0.2, 0) is 9.47 Å². The summed E-state index contributed by atoms with van der Waals surface area (Å²) < 4.78 is 11.7. The Morgan fingerprint density at radius 2 is 1.33 bits per heavy atom. The second-order valence-corrected chi connectivity index (χ2v) is 4.96. The predicted molar refractivity (Wildman–Crippen MR) is 46.8 cm³/mol. The fourth-order valence-electron chi connectivity index (χ4n) is 1.45. The van der Waals surface area contributed by atoms with Gasteiger partial charge in [0, 0.05) is 5.92 Å². The van der Waals surface area contributed by atoms with Crippen molar-refractivity contribution in [3.63, 3.8) is 0 Å². The third-order valence-corrected chi connectivity index (χ3v) is 3.28. The van der Waals surface area contributed by atoms with Crippen LogP contribution in [0, 0.1) is 5.92 Å². The molecule has 1 saturated heterocycles. The molecule has 0 N–H and O–H groups in total. The van der Waals surface area contributed by atoms with E-state index in [0.29, 0.717) is 5.92 Å². The number of ether oxygens (including phenoxy) is 2. The van der Waals surface area contributed by atoms with Crippen molar-refractivity contribution in [2.45, 2.75) is 58.0 Å². The van der Waals surface area contributed by atoms with Gasteiger partial charge in [-0.15, -0.1) is 0 Å². The van der Waals surface area contributed by atoms with E-state index in [1.54, 1.807) is 0 Å². The molecule has 2 rings (SSSR count). The summed E-state index contributed by atoms with van der Waals surface area (Å²) in [5.41, 5.74) is -0.277. The zero-order valence-electron chi connectivity index (χ0n) is 8.39. The minimum absolute atomic E-state index is 0.0648. The molecule has 1 aliphatic heterocycles. The highest BCUT2D eigenvalue weighted by Gasteiger charge is 2.52. The summed E-state index contributed by atoms with van der Waals surface area (Å²) in [6, 6.07) is 0. The van der Waals surface area contributed by atoms with Gasteiger partial charge in [0.1, 0.15) is 0 Å². The van der Waals surface area contributed by atoms with Crippen LogP contribution in [0.4, 0.5) is 0 Å². The second kappa shape index (κ2) is 2.24. The zero-order chi connectivity index (χ0) is 8.98. The monoisotopic (exact) mass is 170 g/mol. The minimum Gasteiger partial charge on any atom is -0.343 e. The largest absolute Gasteiger partial charge is 0.343 e. The maximum Gasteiger partial charge on any atom is 0.162 e. The van der Waals surface area contributed by atoms with E-state index < -0.39 is 0 Å². The predicted octanol–water partition coefficient (Wildman–Crippen LogP) is 2.33. The van der Waals surface area contributed by atoms with E-state index in [2.05, 4.69) is 27.7 Å². The molecular weight excluding hydrogens is 152 g/mol. The molecule has 1 saturated carbocycles. The SMILES string of the molecule is CC1(C)OC(C2CC2)OC1(C)C. The van der Waals surface area contributed by atoms with Gasteiger partial charge < -0.3 is 9.47 Å². The molecule has 2 fully saturated rings. The van der Waals surface area contributed by atoms with Gasteiger partial charge in [-0.3, -0.25) is 0 Å². The Kier molecular flexibility index (Phi) is 1.59. The molecular formula is C10H18O2. The topological polar surface area (TPSA) is 18.5 Å². The van der Waals surface area contributed by atoms with Crippen molar-refractivity contribution >= 4 is 0 Å². The quantitative estimate of drug-likeness (QED) is 0.601. The van der Waals surface area contributed by atoms with Gasteiger partial charge in [0.2, 0.25) is 0 Å². The van der Waals surface area contributed by atoms with Crippen LogP contribution in [0.1, 0.15) is 40.5 Å². The Balaban J connectivity index is 2.10. The molecule has 2 nitrogen and oxygen atoms in total. The van der Waals surface area contributed by atoms with Crippen LogP contribution < -0.4 is 0 Å². The molecule has 0 aromatic rings. The molecule has 0 radical (unpaired) electrons. The first kappa shape index (κ1) is 8.52. The van der Waals surface area contributed by atoms with Crippen LogP contribution in [0.3, 0.4) is 0 Å². The van der Waals surface area contributed by atoms with E-state index in [1.807, 2.05) is 0 Å². The highest BCUT2D eigenvalue weighted by molar-refractivity contribution is 4.97. The number of hydrogen-bond donors (Lipinski definition) is 0. The normalized spacial score (nSPS) is 34.0. The molecule has 70 valence electrons. The van der Waals surface area contributed by atoms with E-state index in [-0.39, 0.29) is 17.5 Å². The maximum absolute atomic E-state index is 5.87. The lowest BCUT2D eigenvalue weighted by Crippen LogP contribution is -2.41. The van der Waals surface area contributed by atoms with Gasteiger partial charge in [-0.25, -0.2) is 0 Å². The molecule has 0 bridgehead atoms. The molecule has 2 heteroatoms. The van der Waals surface area contributed by atoms with Crippen LogP contribution in [0.25, 0.3) is 0 Å². The van der Waals surface area contributed by atoms with Gasteiger partial charge in [0.15, 0.2) is 6.29 Å². The van der Waals surface area contributed by atoms with Crippen LogP contribution in [0.15, 0.2) is 0 Å². The summed E-state index contributed by atoms with van der Waals surface area (Å²) in [6.45, 7) is 8.43. The second-order valence-electron chi connectivity index (χ2n) is 4.96. The Hall–Kier alpha value is -0.0800. The summed E-state index contributed by atoms with van der Waals surface area (Å²) in [7, 11) is 0. The Labute approximate surface area is 74.2 Å². The van der Waals surface area contributed by atoms with Gasteiger partial charge in [0.25, 0.3) is 0 Å². The molecule has 0 unspecified atom stereocenters. The first-order chi connectivity index (χ1) is 5.42. The van der Waals surface area contributed by atoms with Crippen molar-refractivity contribution in [2.24, 2.45) is 5.92 Å². The summed E-state index contributed by atoms with van der Waals surface area (Å²) >= 11 is 0. The minimum atomic E-state index is -0.139. The Morgan fingerprint density at radius 1 is 0.917 bits per heavy atom. The van der Waals surface area contributed by atoms with E-state index in [1.165, 1.54) is 12.8 Å². The lowest BCUT2D eigenvalue weighted by molar-refractivity contribution is -0.0998. The van der Waals surface area contributed by atoms with Crippen molar-refractivity contribution in [2.75, 3.05) is 0 Å². The molecule has 0 aromatic carbocycles. The van der Waals surface area contributed by atoms with Gasteiger partial charge in [-0.2, -0.15) is 0 Å². The lowest BCUT2D eigenvalue weighted by atomic mass is 9.90. The molecule has 0 atom stereocenters. The molecule has 0 spiro atoms. The van der Waals surface area contributed by atoms with Crippen molar-refractivity contribution in [3.8, 4) is 0 Å². The van der Waals surface area contributed by atoms with E-state index in [9.17, 15) is 0 Å². The molecule has 1 aliphatic carbocycles. The van der Waals surface area contributed by atoms with E-state index in [4.69, 9.17) is 9.47 Å². The van der Waals surface area contributed by atoms with Crippen LogP contribution in [0.5, 0.6) is 0 Å². The molecule has 12 heavy (non-hydrogen) atoms. The summed E-state index contributed by atoms with van der Waals surface area (Å²) in [4.78, 5) is 0. The molecule has 0 aromatic heterocycles. The average Bonchev–Trinajstić information content (AvgIpc) is 2.60. The highest BCUT2D eigenvalue weighted by Crippen LogP contribution is 2.46. The Morgan fingerprint density at radius 3 is 1.67 bits per heavy atom. The Bertz CT molecular complexity index is 176. The first-order valence-corrected chi connectivity index (χ1v) is 4.78. The summed E-state index contributed by atoms with van der Waals surface area (Å²) in [5.74, 6) is 0.672. The van der Waals surface area contributed by atoms with E-state index in [0.717, 1.165) is 0 Å². The van der Waals surface area contributed by atoms with Gasteiger partial charge >= 0.3 is 0 Å². The first-order valence-electron chi connectivity index (χ1n) is 4.78. The van der Waals surface area contributed by atoms with Crippen molar-refractivity contribution in [1.82, 2.24) is 0 Å². The smallest absolute Gasteiger partial charge is 0.162 e. The summed E-state index contributed by atoms with van der Waals surface area (Å²) in [5, 5.41) is 0. The molecule has 2 aliphatic rings. The van der Waals surface area contributed by atoms with Crippen LogP contribution in [0.2, 0.25) is 0 Å². The number of rotatable bonds is 1. The third-order valence-electron chi connectivity index (χ3n) is 3.28. The van der Waals surface area contributed by atoms with Crippen molar-refractivity contribution in [3.05, 3.63) is 0 Å². The van der Waals surface area contributed by atoms with Crippen molar-refractivity contribution < 1.29 is 9.47 Å². The highest BCUT2D eigenvalue weighted by atomic mass is 16.7. The number of hydrogen-bond acceptors (Lipinski definition) is 2. The molecule has 1 heterocycles. The van der Waals surface area contributed by atoms with Gasteiger partial charge in [0.05, 0.1) is 11.2 Å². The fraction of sp³-hybridized carbons (Fsp3) is 1.00. The lowest BCUT2D eigenvalue weighted by Gasteiger charge is -2.30.